The van der Waals surface area contributed by atoms with Gasteiger partial charge >= 0.3 is 0 Å². The predicted octanol–water partition coefficient (Wildman–Crippen LogP) is 3.00. The molecule has 1 aliphatic heterocycles. The van der Waals surface area contributed by atoms with Crippen molar-refractivity contribution in [2.75, 3.05) is 30.3 Å². The second-order valence-corrected chi connectivity index (χ2v) is 9.41. The van der Waals surface area contributed by atoms with Gasteiger partial charge in [-0.2, -0.15) is 5.10 Å². The molecule has 28 heavy (non-hydrogen) atoms. The lowest BCUT2D eigenvalue weighted by molar-refractivity contribution is -0.118. The van der Waals surface area contributed by atoms with Gasteiger partial charge in [-0.25, -0.2) is 4.52 Å². The molecule has 0 atom stereocenters. The second-order valence-electron chi connectivity index (χ2n) is 7.00. The summed E-state index contributed by atoms with van der Waals surface area (Å²) in [7, 11) is 0. The molecule has 2 N–H and O–H groups in total. The fourth-order valence-corrected chi connectivity index (χ4v) is 4.63. The zero-order valence-corrected chi connectivity index (χ0v) is 17.8. The highest BCUT2D eigenvalue weighted by Gasteiger charge is 2.24. The third-order valence-electron chi connectivity index (χ3n) is 4.54. The number of fused-ring (bicyclic) bond motifs is 1. The van der Waals surface area contributed by atoms with Gasteiger partial charge in [0.15, 0.2) is 0 Å². The van der Waals surface area contributed by atoms with Crippen LogP contribution in [-0.2, 0) is 4.79 Å². The van der Waals surface area contributed by atoms with Crippen molar-refractivity contribution in [1.82, 2.24) is 19.5 Å². The lowest BCUT2D eigenvalue weighted by Gasteiger charge is -2.36. The normalized spacial score (nSPS) is 14.8. The summed E-state index contributed by atoms with van der Waals surface area (Å²) in [6, 6.07) is 1.72. The van der Waals surface area contributed by atoms with Crippen LogP contribution in [0.4, 0.5) is 11.4 Å². The average molecular weight is 463 g/mol. The Labute approximate surface area is 174 Å². The molecule has 1 saturated heterocycles. The molecule has 4 heterocycles. The lowest BCUT2D eigenvalue weighted by atomic mass is 10.0. The van der Waals surface area contributed by atoms with Crippen LogP contribution in [0.15, 0.2) is 28.4 Å². The van der Waals surface area contributed by atoms with E-state index in [1.165, 1.54) is 17.5 Å². The molecule has 2 amide bonds. The van der Waals surface area contributed by atoms with Gasteiger partial charge < -0.3 is 10.6 Å². The van der Waals surface area contributed by atoms with Crippen LogP contribution in [0.1, 0.15) is 23.0 Å². The Morgan fingerprint density at radius 3 is 2.86 bits per heavy atom. The number of nitrogens with one attached hydrogen (secondary N) is 2. The van der Waals surface area contributed by atoms with Crippen LogP contribution in [-0.4, -0.2) is 50.9 Å². The average Bonchev–Trinajstić information content (AvgIpc) is 3.15. The van der Waals surface area contributed by atoms with Crippen molar-refractivity contribution in [2.45, 2.75) is 13.8 Å². The molecule has 0 spiro atoms. The van der Waals surface area contributed by atoms with Crippen LogP contribution in [0.5, 0.6) is 0 Å². The smallest absolute Gasteiger partial charge is 0.260 e. The number of amides is 2. The molecule has 0 unspecified atom stereocenters. The van der Waals surface area contributed by atoms with Crippen molar-refractivity contribution >= 4 is 55.3 Å². The Hall–Kier alpha value is -2.30. The summed E-state index contributed by atoms with van der Waals surface area (Å²) < 4.78 is 2.55. The van der Waals surface area contributed by atoms with E-state index in [2.05, 4.69) is 48.5 Å². The molecule has 0 aliphatic carbocycles. The van der Waals surface area contributed by atoms with E-state index in [1.54, 1.807) is 29.9 Å². The molecule has 146 valence electrons. The topological polar surface area (TPSA) is 91.6 Å². The van der Waals surface area contributed by atoms with Crippen molar-refractivity contribution in [3.05, 3.63) is 39.7 Å². The van der Waals surface area contributed by atoms with Gasteiger partial charge in [0.05, 0.1) is 51.6 Å². The Morgan fingerprint density at radius 1 is 1.32 bits per heavy atom. The Kier molecular flexibility index (Phi) is 5.17. The fourth-order valence-electron chi connectivity index (χ4n) is 3.19. The van der Waals surface area contributed by atoms with E-state index in [0.29, 0.717) is 35.1 Å². The molecule has 1 fully saturated rings. The summed E-state index contributed by atoms with van der Waals surface area (Å²) in [5.41, 5.74) is 2.25. The maximum absolute atomic E-state index is 12.7. The maximum Gasteiger partial charge on any atom is 0.260 e. The molecule has 8 nitrogen and oxygen atoms in total. The van der Waals surface area contributed by atoms with Gasteiger partial charge in [-0.3, -0.25) is 19.5 Å². The monoisotopic (exact) mass is 462 g/mol. The number of hydrogen-bond donors (Lipinski definition) is 2. The minimum absolute atomic E-state index is 0.0865. The van der Waals surface area contributed by atoms with E-state index in [0.717, 1.165) is 21.7 Å². The summed E-state index contributed by atoms with van der Waals surface area (Å²) in [5.74, 6) is 0.291. The van der Waals surface area contributed by atoms with Crippen molar-refractivity contribution in [3.8, 4) is 0 Å². The molecule has 10 heteroatoms. The molecule has 0 saturated carbocycles. The SMILES string of the molecule is Cc1ncc(NC(=O)CN2CC(C)C2)cc1NC(=O)c1cnn2cc(Br)sc12. The number of thiazole rings is 1. The van der Waals surface area contributed by atoms with E-state index in [4.69, 9.17) is 0 Å². The zero-order chi connectivity index (χ0) is 19.8. The number of aromatic nitrogens is 3. The van der Waals surface area contributed by atoms with E-state index < -0.39 is 0 Å². The number of halogens is 1. The number of carbonyl (C=O) groups is 2. The van der Waals surface area contributed by atoms with Crippen LogP contribution in [0.25, 0.3) is 4.83 Å². The Morgan fingerprint density at radius 2 is 2.11 bits per heavy atom. The summed E-state index contributed by atoms with van der Waals surface area (Å²) in [6.07, 6.45) is 4.94. The summed E-state index contributed by atoms with van der Waals surface area (Å²) >= 11 is 4.83. The molecule has 0 aromatic carbocycles. The van der Waals surface area contributed by atoms with E-state index in [1.807, 2.05) is 0 Å². The summed E-state index contributed by atoms with van der Waals surface area (Å²) in [5, 5.41) is 9.91. The first kappa shape index (κ1) is 19.0. The molecular formula is C18H19BrN6O2S. The van der Waals surface area contributed by atoms with E-state index in [-0.39, 0.29) is 11.8 Å². The number of hydrogen-bond acceptors (Lipinski definition) is 6. The van der Waals surface area contributed by atoms with Crippen molar-refractivity contribution in [1.29, 1.82) is 0 Å². The van der Waals surface area contributed by atoms with Crippen LogP contribution < -0.4 is 10.6 Å². The van der Waals surface area contributed by atoms with Gasteiger partial charge in [0.1, 0.15) is 4.83 Å². The quantitative estimate of drug-likeness (QED) is 0.607. The van der Waals surface area contributed by atoms with Gasteiger partial charge in [-0.05, 0) is 34.8 Å². The zero-order valence-electron chi connectivity index (χ0n) is 15.4. The predicted molar refractivity (Wildman–Crippen MR) is 112 cm³/mol. The highest BCUT2D eigenvalue weighted by Crippen LogP contribution is 2.27. The second kappa shape index (κ2) is 7.61. The van der Waals surface area contributed by atoms with Crippen LogP contribution in [0.2, 0.25) is 0 Å². The molecule has 4 rings (SSSR count). The van der Waals surface area contributed by atoms with Crippen LogP contribution in [0.3, 0.4) is 0 Å². The van der Waals surface area contributed by atoms with E-state index in [9.17, 15) is 9.59 Å². The summed E-state index contributed by atoms with van der Waals surface area (Å²) in [6.45, 7) is 6.22. The highest BCUT2D eigenvalue weighted by molar-refractivity contribution is 9.11. The lowest BCUT2D eigenvalue weighted by Crippen LogP contribution is -2.48. The third-order valence-corrected chi connectivity index (χ3v) is 6.13. The van der Waals surface area contributed by atoms with Crippen LogP contribution in [0, 0.1) is 12.8 Å². The largest absolute Gasteiger partial charge is 0.324 e. The number of carbonyl (C=O) groups excluding carboxylic acids is 2. The van der Waals surface area contributed by atoms with E-state index >= 15 is 0 Å². The maximum atomic E-state index is 12.7. The van der Waals surface area contributed by atoms with Gasteiger partial charge in [-0.1, -0.05) is 6.92 Å². The number of nitrogens with zero attached hydrogens (tertiary/aromatic N) is 4. The van der Waals surface area contributed by atoms with Crippen molar-refractivity contribution in [2.24, 2.45) is 5.92 Å². The first-order valence-corrected chi connectivity index (χ1v) is 10.4. The van der Waals surface area contributed by atoms with Crippen molar-refractivity contribution in [3.63, 3.8) is 0 Å². The first-order chi connectivity index (χ1) is 13.4. The van der Waals surface area contributed by atoms with Gasteiger partial charge in [0, 0.05) is 13.1 Å². The van der Waals surface area contributed by atoms with Gasteiger partial charge in [-0.15, -0.1) is 11.3 Å². The molecular weight excluding hydrogens is 444 g/mol. The number of aryl methyl sites for hydroxylation is 1. The minimum Gasteiger partial charge on any atom is -0.324 e. The number of rotatable bonds is 5. The Balaban J connectivity index is 1.46. The first-order valence-electron chi connectivity index (χ1n) is 8.82. The van der Waals surface area contributed by atoms with Crippen LogP contribution >= 0.6 is 27.3 Å². The molecule has 1 aliphatic rings. The minimum atomic E-state index is -0.271. The van der Waals surface area contributed by atoms with Gasteiger partial charge in [0.25, 0.3) is 5.91 Å². The van der Waals surface area contributed by atoms with Crippen molar-refractivity contribution < 1.29 is 9.59 Å². The standard InChI is InChI=1S/C18H19BrN6O2S/c1-10-6-24(7-10)9-16(26)22-12-3-14(11(2)20-4-12)23-17(27)13-5-21-25-8-15(19)28-18(13)25/h3-5,8,10H,6-7,9H2,1-2H3,(H,22,26)(H,23,27). The summed E-state index contributed by atoms with van der Waals surface area (Å²) in [4.78, 5) is 32.0. The molecule has 3 aromatic rings. The van der Waals surface area contributed by atoms with Gasteiger partial charge in [0.2, 0.25) is 5.91 Å². The third kappa shape index (κ3) is 3.94. The number of anilines is 2. The molecule has 0 bridgehead atoms. The fraction of sp³-hybridized carbons (Fsp3) is 0.333. The molecule has 3 aromatic heterocycles. The number of likely N-dealkylation sites (tertiary alicyclic amines) is 1. The number of pyridine rings is 1. The highest BCUT2D eigenvalue weighted by atomic mass is 79.9. The molecule has 0 radical (unpaired) electrons. The Bertz CT molecular complexity index is 1060.